The Hall–Kier alpha value is -2.13. The van der Waals surface area contributed by atoms with Crippen LogP contribution in [0, 0.1) is 0 Å². The van der Waals surface area contributed by atoms with E-state index in [1.165, 1.54) is 5.56 Å². The zero-order chi connectivity index (χ0) is 16.8. The summed E-state index contributed by atoms with van der Waals surface area (Å²) < 4.78 is 0. The van der Waals surface area contributed by atoms with Gasteiger partial charge in [0.2, 0.25) is 0 Å². The van der Waals surface area contributed by atoms with Gasteiger partial charge in [-0.15, -0.1) is 0 Å². The van der Waals surface area contributed by atoms with E-state index in [2.05, 4.69) is 47.6 Å². The Kier molecular flexibility index (Phi) is 5.65. The Balaban J connectivity index is 1.63. The van der Waals surface area contributed by atoms with Crippen LogP contribution in [0.15, 0.2) is 54.6 Å². The predicted molar refractivity (Wildman–Crippen MR) is 98.3 cm³/mol. The quantitative estimate of drug-likeness (QED) is 0.916. The summed E-state index contributed by atoms with van der Waals surface area (Å²) in [6.45, 7) is 2.11. The summed E-state index contributed by atoms with van der Waals surface area (Å²) in [5.74, 6) is 0.0771. The minimum Gasteiger partial charge on any atom is -0.349 e. The molecule has 126 valence electrons. The van der Waals surface area contributed by atoms with Crippen molar-refractivity contribution in [3.8, 4) is 0 Å². The van der Waals surface area contributed by atoms with Crippen molar-refractivity contribution in [1.82, 2.24) is 10.2 Å². The molecule has 24 heavy (non-hydrogen) atoms. The molecule has 0 spiro atoms. The number of piperidine rings is 1. The second-order valence-electron chi connectivity index (χ2n) is 6.69. The molecule has 1 heterocycles. The van der Waals surface area contributed by atoms with Gasteiger partial charge in [-0.1, -0.05) is 48.5 Å². The molecule has 1 amide bonds. The first kappa shape index (κ1) is 16.7. The predicted octanol–water partition coefficient (Wildman–Crippen LogP) is 3.30. The molecular formula is C21H26N2O. The highest BCUT2D eigenvalue weighted by Gasteiger charge is 2.20. The first-order valence-electron chi connectivity index (χ1n) is 8.83. The van der Waals surface area contributed by atoms with Gasteiger partial charge in [0.25, 0.3) is 5.91 Å². The molecule has 3 rings (SSSR count). The van der Waals surface area contributed by atoms with Crippen LogP contribution in [0.4, 0.5) is 0 Å². The Morgan fingerprint density at radius 3 is 2.42 bits per heavy atom. The summed E-state index contributed by atoms with van der Waals surface area (Å²) in [5.41, 5.74) is 3.27. The maximum Gasteiger partial charge on any atom is 0.251 e. The fourth-order valence-corrected chi connectivity index (χ4v) is 3.30. The van der Waals surface area contributed by atoms with Crippen molar-refractivity contribution in [1.29, 1.82) is 0 Å². The minimum absolute atomic E-state index is 0.0771. The molecule has 0 radical (unpaired) electrons. The Labute approximate surface area is 144 Å². The highest BCUT2D eigenvalue weighted by Crippen LogP contribution is 2.15. The number of hydrogen-bond donors (Lipinski definition) is 1. The van der Waals surface area contributed by atoms with Crippen LogP contribution in [0.5, 0.6) is 0 Å². The van der Waals surface area contributed by atoms with Crippen LogP contribution in [0.25, 0.3) is 0 Å². The lowest BCUT2D eigenvalue weighted by Crippen LogP contribution is -2.43. The Morgan fingerprint density at radius 2 is 1.67 bits per heavy atom. The first-order chi connectivity index (χ1) is 11.7. The summed E-state index contributed by atoms with van der Waals surface area (Å²) in [5, 5.41) is 3.23. The van der Waals surface area contributed by atoms with Crippen molar-refractivity contribution in [3.63, 3.8) is 0 Å². The topological polar surface area (TPSA) is 32.3 Å². The summed E-state index contributed by atoms with van der Waals surface area (Å²) in [6, 6.07) is 18.7. The van der Waals surface area contributed by atoms with Crippen LogP contribution in [-0.4, -0.2) is 37.0 Å². The first-order valence-corrected chi connectivity index (χ1v) is 8.83. The summed E-state index contributed by atoms with van der Waals surface area (Å²) >= 11 is 0. The molecule has 1 aliphatic rings. The number of likely N-dealkylation sites (tertiary alicyclic amines) is 1. The number of nitrogens with one attached hydrogen (secondary N) is 1. The minimum atomic E-state index is 0.0771. The summed E-state index contributed by atoms with van der Waals surface area (Å²) in [4.78, 5) is 15.0. The summed E-state index contributed by atoms with van der Waals surface area (Å²) in [6.07, 6.45) is 3.92. The van der Waals surface area contributed by atoms with Gasteiger partial charge in [-0.3, -0.25) is 4.79 Å². The van der Waals surface area contributed by atoms with E-state index >= 15 is 0 Å². The van der Waals surface area contributed by atoms with Gasteiger partial charge < -0.3 is 10.2 Å². The SMILES string of the molecule is CN1CCC(NC(=O)c2ccccc2CCc2ccccc2)CC1. The number of carbonyl (C=O) groups excluding carboxylic acids is 1. The van der Waals surface area contributed by atoms with Gasteiger partial charge in [-0.25, -0.2) is 0 Å². The van der Waals surface area contributed by atoms with Crippen molar-refractivity contribution in [3.05, 3.63) is 71.3 Å². The molecule has 3 heteroatoms. The van der Waals surface area contributed by atoms with Crippen LogP contribution in [0.3, 0.4) is 0 Å². The molecule has 1 saturated heterocycles. The molecular weight excluding hydrogens is 296 g/mol. The molecule has 2 aromatic rings. The normalized spacial score (nSPS) is 16.0. The largest absolute Gasteiger partial charge is 0.349 e. The molecule has 1 N–H and O–H groups in total. The molecule has 0 bridgehead atoms. The third-order valence-corrected chi connectivity index (χ3v) is 4.84. The molecule has 1 aliphatic heterocycles. The average molecular weight is 322 g/mol. The van der Waals surface area contributed by atoms with Crippen molar-refractivity contribution < 1.29 is 4.79 Å². The number of hydrogen-bond acceptors (Lipinski definition) is 2. The van der Waals surface area contributed by atoms with E-state index < -0.39 is 0 Å². The Bertz CT molecular complexity index is 661. The van der Waals surface area contributed by atoms with Gasteiger partial charge in [0, 0.05) is 11.6 Å². The lowest BCUT2D eigenvalue weighted by atomic mass is 9.98. The molecule has 0 atom stereocenters. The number of amides is 1. The second kappa shape index (κ2) is 8.11. The van der Waals surface area contributed by atoms with Crippen molar-refractivity contribution in [2.45, 2.75) is 31.7 Å². The lowest BCUT2D eigenvalue weighted by molar-refractivity contribution is 0.0916. The van der Waals surface area contributed by atoms with Crippen LogP contribution in [-0.2, 0) is 12.8 Å². The van der Waals surface area contributed by atoms with Crippen molar-refractivity contribution >= 4 is 5.91 Å². The van der Waals surface area contributed by atoms with Gasteiger partial charge in [0.15, 0.2) is 0 Å². The van der Waals surface area contributed by atoms with E-state index in [9.17, 15) is 4.79 Å². The number of nitrogens with zero attached hydrogens (tertiary/aromatic N) is 1. The zero-order valence-corrected chi connectivity index (χ0v) is 14.4. The van der Waals surface area contributed by atoms with Crippen LogP contribution in [0.1, 0.15) is 34.3 Å². The van der Waals surface area contributed by atoms with Crippen LogP contribution in [0.2, 0.25) is 0 Å². The second-order valence-corrected chi connectivity index (χ2v) is 6.69. The van der Waals surface area contributed by atoms with E-state index in [4.69, 9.17) is 0 Å². The molecule has 0 aromatic heterocycles. The fourth-order valence-electron chi connectivity index (χ4n) is 3.30. The smallest absolute Gasteiger partial charge is 0.251 e. The molecule has 1 fully saturated rings. The molecule has 0 saturated carbocycles. The maximum atomic E-state index is 12.7. The monoisotopic (exact) mass is 322 g/mol. The molecule has 3 nitrogen and oxygen atoms in total. The third kappa shape index (κ3) is 4.45. The highest BCUT2D eigenvalue weighted by molar-refractivity contribution is 5.95. The van der Waals surface area contributed by atoms with E-state index in [0.29, 0.717) is 6.04 Å². The zero-order valence-electron chi connectivity index (χ0n) is 14.4. The van der Waals surface area contributed by atoms with E-state index in [0.717, 1.165) is 49.9 Å². The van der Waals surface area contributed by atoms with E-state index in [1.807, 2.05) is 24.3 Å². The number of aryl methyl sites for hydroxylation is 2. The van der Waals surface area contributed by atoms with E-state index in [-0.39, 0.29) is 5.91 Å². The van der Waals surface area contributed by atoms with Crippen molar-refractivity contribution in [2.75, 3.05) is 20.1 Å². The van der Waals surface area contributed by atoms with Gasteiger partial charge in [-0.05, 0) is 63.0 Å². The number of benzene rings is 2. The van der Waals surface area contributed by atoms with Gasteiger partial charge in [0.05, 0.1) is 0 Å². The van der Waals surface area contributed by atoms with Crippen molar-refractivity contribution in [2.24, 2.45) is 0 Å². The van der Waals surface area contributed by atoms with Gasteiger partial charge >= 0.3 is 0 Å². The Morgan fingerprint density at radius 1 is 1.00 bits per heavy atom. The van der Waals surface area contributed by atoms with E-state index in [1.54, 1.807) is 0 Å². The highest BCUT2D eigenvalue weighted by atomic mass is 16.1. The number of carbonyl (C=O) groups is 1. The van der Waals surface area contributed by atoms with Crippen LogP contribution >= 0.6 is 0 Å². The van der Waals surface area contributed by atoms with Gasteiger partial charge in [0.1, 0.15) is 0 Å². The molecule has 0 aliphatic carbocycles. The standard InChI is InChI=1S/C21H26N2O/c1-23-15-13-19(14-16-23)22-21(24)20-10-6-5-9-18(20)12-11-17-7-3-2-4-8-17/h2-10,19H,11-16H2,1H3,(H,22,24). The molecule has 2 aromatic carbocycles. The number of rotatable bonds is 5. The summed E-state index contributed by atoms with van der Waals surface area (Å²) in [7, 11) is 2.14. The average Bonchev–Trinajstić information content (AvgIpc) is 2.63. The maximum absolute atomic E-state index is 12.7. The fraction of sp³-hybridized carbons (Fsp3) is 0.381. The lowest BCUT2D eigenvalue weighted by Gasteiger charge is -2.29. The molecule has 0 unspecified atom stereocenters. The van der Waals surface area contributed by atoms with Gasteiger partial charge in [-0.2, -0.15) is 0 Å². The third-order valence-electron chi connectivity index (χ3n) is 4.84. The van der Waals surface area contributed by atoms with Crippen LogP contribution < -0.4 is 5.32 Å².